The van der Waals surface area contributed by atoms with Crippen molar-refractivity contribution in [1.82, 2.24) is 9.47 Å². The summed E-state index contributed by atoms with van der Waals surface area (Å²) >= 11 is 0. The zero-order valence-electron chi connectivity index (χ0n) is 15.3. The molecule has 2 aliphatic heterocycles. The van der Waals surface area contributed by atoms with Crippen LogP contribution in [-0.4, -0.2) is 46.8 Å². The van der Waals surface area contributed by atoms with Gasteiger partial charge >= 0.3 is 5.97 Å². The standard InChI is InChI=1S/C20H28N2O4/c1-26-20(25)19-15(12-23)14-11-21-16(8-5-9-17(21)24)18(14)22(19)10-13-6-3-2-4-7-13/h5,8-9,13-15,18-19,23H,2-4,6-7,10-12H2,1H3/t14-,15-,18+,19-/m0/s1. The molecule has 1 aliphatic carbocycles. The summed E-state index contributed by atoms with van der Waals surface area (Å²) in [5.41, 5.74) is 0.976. The van der Waals surface area contributed by atoms with Gasteiger partial charge in [-0.15, -0.1) is 0 Å². The number of hydrogen-bond acceptors (Lipinski definition) is 5. The summed E-state index contributed by atoms with van der Waals surface area (Å²) in [5, 5.41) is 10.1. The first-order chi connectivity index (χ1) is 12.7. The van der Waals surface area contributed by atoms with Crippen LogP contribution in [0.25, 0.3) is 0 Å². The van der Waals surface area contributed by atoms with Crippen LogP contribution < -0.4 is 5.56 Å². The first-order valence-electron chi connectivity index (χ1n) is 9.80. The number of nitrogens with zero attached hydrogens (tertiary/aromatic N) is 2. The van der Waals surface area contributed by atoms with Crippen molar-refractivity contribution in [3.05, 3.63) is 34.2 Å². The summed E-state index contributed by atoms with van der Waals surface area (Å²) in [6.07, 6.45) is 6.16. The molecule has 0 amide bonds. The Hall–Kier alpha value is -1.66. The van der Waals surface area contributed by atoms with E-state index in [2.05, 4.69) is 4.90 Å². The predicted octanol–water partition coefficient (Wildman–Crippen LogP) is 1.57. The lowest BCUT2D eigenvalue weighted by molar-refractivity contribution is -0.148. The third-order valence-corrected chi connectivity index (χ3v) is 6.70. The largest absolute Gasteiger partial charge is 0.468 e. The molecular weight excluding hydrogens is 332 g/mol. The summed E-state index contributed by atoms with van der Waals surface area (Å²) in [4.78, 5) is 27.1. The number of aliphatic hydroxyl groups excluding tert-OH is 1. The Morgan fingerprint density at radius 2 is 2.04 bits per heavy atom. The summed E-state index contributed by atoms with van der Waals surface area (Å²) < 4.78 is 6.92. The summed E-state index contributed by atoms with van der Waals surface area (Å²) in [7, 11) is 1.42. The zero-order chi connectivity index (χ0) is 18.3. The monoisotopic (exact) mass is 360 g/mol. The fourth-order valence-electron chi connectivity index (χ4n) is 5.52. The van der Waals surface area contributed by atoms with Crippen LogP contribution in [-0.2, 0) is 16.1 Å². The smallest absolute Gasteiger partial charge is 0.323 e. The van der Waals surface area contributed by atoms with Crippen molar-refractivity contribution in [3.8, 4) is 0 Å². The second-order valence-electron chi connectivity index (χ2n) is 8.02. The molecule has 0 unspecified atom stereocenters. The molecule has 1 aromatic heterocycles. The van der Waals surface area contributed by atoms with Crippen molar-refractivity contribution in [2.75, 3.05) is 20.3 Å². The molecule has 142 valence electrons. The minimum atomic E-state index is -0.425. The predicted molar refractivity (Wildman–Crippen MR) is 96.6 cm³/mol. The third kappa shape index (κ3) is 2.79. The molecule has 1 aromatic rings. The lowest BCUT2D eigenvalue weighted by Gasteiger charge is -2.34. The van der Waals surface area contributed by atoms with Gasteiger partial charge in [-0.05, 0) is 24.8 Å². The number of rotatable bonds is 4. The average Bonchev–Trinajstić information content (AvgIpc) is 3.18. The number of aromatic nitrogens is 1. The number of fused-ring (bicyclic) bond motifs is 3. The number of carbonyl (C=O) groups excluding carboxylic acids is 1. The summed E-state index contributed by atoms with van der Waals surface area (Å²) in [6, 6.07) is 4.96. The lowest BCUT2D eigenvalue weighted by atomic mass is 9.88. The van der Waals surface area contributed by atoms with Crippen LogP contribution in [0, 0.1) is 17.8 Å². The number of esters is 1. The maximum absolute atomic E-state index is 12.6. The highest BCUT2D eigenvalue weighted by atomic mass is 16.5. The lowest BCUT2D eigenvalue weighted by Crippen LogP contribution is -2.45. The Labute approximate surface area is 153 Å². The highest BCUT2D eigenvalue weighted by Crippen LogP contribution is 2.49. The van der Waals surface area contributed by atoms with Crippen LogP contribution in [0.1, 0.15) is 43.8 Å². The van der Waals surface area contributed by atoms with E-state index in [4.69, 9.17) is 4.74 Å². The third-order valence-electron chi connectivity index (χ3n) is 6.70. The van der Waals surface area contributed by atoms with Crippen molar-refractivity contribution < 1.29 is 14.6 Å². The van der Waals surface area contributed by atoms with Crippen molar-refractivity contribution in [2.45, 2.75) is 50.7 Å². The molecule has 0 spiro atoms. The van der Waals surface area contributed by atoms with Crippen LogP contribution in [0.15, 0.2) is 23.0 Å². The SMILES string of the molecule is COC(=O)[C@@H]1[C@@H](CO)[C@@H]2Cn3c(cccc3=O)[C@@H]2N1CC1CCCCC1. The van der Waals surface area contributed by atoms with Crippen LogP contribution in [0.5, 0.6) is 0 Å². The normalized spacial score (nSPS) is 31.6. The van der Waals surface area contributed by atoms with E-state index in [1.807, 2.05) is 10.6 Å². The summed E-state index contributed by atoms with van der Waals surface area (Å²) in [5.74, 6) is 0.177. The molecule has 1 saturated carbocycles. The van der Waals surface area contributed by atoms with Crippen LogP contribution in [0.2, 0.25) is 0 Å². The van der Waals surface area contributed by atoms with Gasteiger partial charge in [-0.3, -0.25) is 14.5 Å². The Kier molecular flexibility index (Phi) is 4.88. The number of hydrogen-bond donors (Lipinski definition) is 1. The van der Waals surface area contributed by atoms with E-state index in [0.29, 0.717) is 12.5 Å². The number of methoxy groups -OCH3 is 1. The topological polar surface area (TPSA) is 71.8 Å². The average molecular weight is 360 g/mol. The molecule has 0 bridgehead atoms. The quantitative estimate of drug-likeness (QED) is 0.825. The number of ether oxygens (including phenoxy) is 1. The van der Waals surface area contributed by atoms with E-state index in [9.17, 15) is 14.7 Å². The minimum Gasteiger partial charge on any atom is -0.468 e. The molecule has 4 atom stereocenters. The maximum atomic E-state index is 12.6. The summed E-state index contributed by atoms with van der Waals surface area (Å²) in [6.45, 7) is 1.34. The Morgan fingerprint density at radius 1 is 1.27 bits per heavy atom. The first kappa shape index (κ1) is 17.7. The molecule has 0 radical (unpaired) electrons. The van der Waals surface area contributed by atoms with Crippen molar-refractivity contribution in [1.29, 1.82) is 0 Å². The molecular formula is C20H28N2O4. The van der Waals surface area contributed by atoms with Gasteiger partial charge in [-0.25, -0.2) is 0 Å². The van der Waals surface area contributed by atoms with Crippen LogP contribution >= 0.6 is 0 Å². The fourth-order valence-corrected chi connectivity index (χ4v) is 5.52. The van der Waals surface area contributed by atoms with Crippen molar-refractivity contribution in [2.24, 2.45) is 17.8 Å². The van der Waals surface area contributed by atoms with Crippen molar-refractivity contribution in [3.63, 3.8) is 0 Å². The fraction of sp³-hybridized carbons (Fsp3) is 0.700. The Bertz CT molecular complexity index is 725. The maximum Gasteiger partial charge on any atom is 0.323 e. The van der Waals surface area contributed by atoms with Gasteiger partial charge in [-0.2, -0.15) is 0 Å². The van der Waals surface area contributed by atoms with Crippen LogP contribution in [0.4, 0.5) is 0 Å². The first-order valence-corrected chi connectivity index (χ1v) is 9.80. The van der Waals surface area contributed by atoms with Crippen LogP contribution in [0.3, 0.4) is 0 Å². The number of pyridine rings is 1. The van der Waals surface area contributed by atoms with E-state index in [1.54, 1.807) is 12.1 Å². The van der Waals surface area contributed by atoms with E-state index in [0.717, 1.165) is 12.2 Å². The molecule has 3 heterocycles. The van der Waals surface area contributed by atoms with E-state index >= 15 is 0 Å². The van der Waals surface area contributed by atoms with Gasteiger partial charge in [0.15, 0.2) is 0 Å². The number of carbonyl (C=O) groups is 1. The molecule has 26 heavy (non-hydrogen) atoms. The van der Waals surface area contributed by atoms with Gasteiger partial charge in [0.1, 0.15) is 6.04 Å². The molecule has 1 saturated heterocycles. The van der Waals surface area contributed by atoms with Gasteiger partial charge in [0.2, 0.25) is 0 Å². The molecule has 1 N–H and O–H groups in total. The van der Waals surface area contributed by atoms with Gasteiger partial charge in [0, 0.05) is 43.3 Å². The highest BCUT2D eigenvalue weighted by Gasteiger charge is 2.56. The molecule has 6 nitrogen and oxygen atoms in total. The zero-order valence-corrected chi connectivity index (χ0v) is 15.3. The van der Waals surface area contributed by atoms with Gasteiger partial charge < -0.3 is 14.4 Å². The van der Waals surface area contributed by atoms with Gasteiger partial charge in [0.05, 0.1) is 13.2 Å². The molecule has 4 rings (SSSR count). The molecule has 6 heteroatoms. The van der Waals surface area contributed by atoms with Gasteiger partial charge in [-0.1, -0.05) is 25.3 Å². The second-order valence-corrected chi connectivity index (χ2v) is 8.02. The van der Waals surface area contributed by atoms with E-state index in [1.165, 1.54) is 39.2 Å². The second kappa shape index (κ2) is 7.16. The van der Waals surface area contributed by atoms with E-state index < -0.39 is 6.04 Å². The van der Waals surface area contributed by atoms with E-state index in [-0.39, 0.29) is 36.0 Å². The molecule has 3 aliphatic rings. The molecule has 2 fully saturated rings. The highest BCUT2D eigenvalue weighted by molar-refractivity contribution is 5.77. The minimum absolute atomic E-state index is 0.000763. The number of likely N-dealkylation sites (tertiary alicyclic amines) is 1. The van der Waals surface area contributed by atoms with Crippen molar-refractivity contribution >= 4 is 5.97 Å². The van der Waals surface area contributed by atoms with Gasteiger partial charge in [0.25, 0.3) is 5.56 Å². The Balaban J connectivity index is 1.72. The molecule has 0 aromatic carbocycles. The Morgan fingerprint density at radius 3 is 2.73 bits per heavy atom. The number of aliphatic hydroxyl groups is 1.